The third kappa shape index (κ3) is 10.3. The molecule has 11 heteroatoms. The van der Waals surface area contributed by atoms with Crippen molar-refractivity contribution in [1.29, 1.82) is 0 Å². The Morgan fingerprint density at radius 3 is 1.68 bits per heavy atom. The maximum Gasteiger partial charge on any atom is 0.229 e. The minimum Gasteiger partial charge on any atom is -0.491 e. The van der Waals surface area contributed by atoms with E-state index in [9.17, 15) is 21.9 Å². The van der Waals surface area contributed by atoms with Gasteiger partial charge < -0.3 is 15.2 Å². The van der Waals surface area contributed by atoms with Gasteiger partial charge in [-0.25, -0.2) is 16.8 Å². The van der Waals surface area contributed by atoms with Gasteiger partial charge in [-0.2, -0.15) is 0 Å². The van der Waals surface area contributed by atoms with Gasteiger partial charge in [0.25, 0.3) is 0 Å². The summed E-state index contributed by atoms with van der Waals surface area (Å²) in [6.45, 7) is 2.53. The third-order valence-electron chi connectivity index (χ3n) is 5.71. The van der Waals surface area contributed by atoms with E-state index in [1.54, 1.807) is 24.3 Å². The molecular weight excluding hydrogens is 526 g/mol. The molecule has 0 saturated heterocycles. The maximum absolute atomic E-state index is 11.6. The number of para-hydroxylation sites is 1. The predicted octanol–water partition coefficient (Wildman–Crippen LogP) is 3.37. The van der Waals surface area contributed by atoms with E-state index in [0.29, 0.717) is 30.1 Å². The van der Waals surface area contributed by atoms with Crippen molar-refractivity contribution in [2.45, 2.75) is 31.4 Å². The normalized spacial score (nSPS) is 13.6. The molecule has 0 fully saturated rings. The summed E-state index contributed by atoms with van der Waals surface area (Å²) in [4.78, 5) is 0. The zero-order valence-corrected chi connectivity index (χ0v) is 23.3. The van der Waals surface area contributed by atoms with Crippen LogP contribution in [0, 0.1) is 0 Å². The first-order valence-electron chi connectivity index (χ1n) is 12.1. The van der Waals surface area contributed by atoms with Crippen LogP contribution in [0.15, 0.2) is 78.9 Å². The maximum atomic E-state index is 11.6. The van der Waals surface area contributed by atoms with Crippen LogP contribution in [0.5, 0.6) is 5.75 Å². The standard InChI is InChI=1S/C27H35N3O6S2/c1-20(28-18-25(31)19-36-26-7-5-4-6-8-26)17-27(21-9-13-23(14-10-21)29-37(2,32)33)22-11-15-24(16-12-22)30-38(3,34)35/h4-16,20,25,27-31H,17-19H2,1-3H3/t20?,25-/m0/s1. The molecule has 2 atom stereocenters. The van der Waals surface area contributed by atoms with Gasteiger partial charge in [0.2, 0.25) is 20.0 Å². The Morgan fingerprint density at radius 2 is 1.24 bits per heavy atom. The topological polar surface area (TPSA) is 134 Å². The number of hydrogen-bond acceptors (Lipinski definition) is 7. The van der Waals surface area contributed by atoms with Crippen molar-refractivity contribution >= 4 is 31.4 Å². The van der Waals surface area contributed by atoms with E-state index in [0.717, 1.165) is 23.6 Å². The molecule has 4 N–H and O–H groups in total. The van der Waals surface area contributed by atoms with Gasteiger partial charge in [0, 0.05) is 29.9 Å². The molecule has 0 amide bonds. The van der Waals surface area contributed by atoms with Crippen LogP contribution >= 0.6 is 0 Å². The molecule has 0 radical (unpaired) electrons. The van der Waals surface area contributed by atoms with Gasteiger partial charge in [-0.3, -0.25) is 9.44 Å². The molecule has 0 aliphatic carbocycles. The van der Waals surface area contributed by atoms with Crippen LogP contribution in [0.2, 0.25) is 0 Å². The predicted molar refractivity (Wildman–Crippen MR) is 152 cm³/mol. The molecule has 3 rings (SSSR count). The van der Waals surface area contributed by atoms with Gasteiger partial charge in [0.05, 0.1) is 12.5 Å². The fraction of sp³-hybridized carbons (Fsp3) is 0.333. The molecular formula is C27H35N3O6S2. The van der Waals surface area contributed by atoms with E-state index < -0.39 is 26.2 Å². The minimum atomic E-state index is -3.39. The lowest BCUT2D eigenvalue weighted by Gasteiger charge is -2.24. The summed E-state index contributed by atoms with van der Waals surface area (Å²) in [6.07, 6.45) is 2.17. The Morgan fingerprint density at radius 1 is 0.763 bits per heavy atom. The minimum absolute atomic E-state index is 0.00835. The van der Waals surface area contributed by atoms with Crippen molar-refractivity contribution in [2.24, 2.45) is 0 Å². The van der Waals surface area contributed by atoms with Crippen molar-refractivity contribution < 1.29 is 26.7 Å². The summed E-state index contributed by atoms with van der Waals surface area (Å²) >= 11 is 0. The second-order valence-corrected chi connectivity index (χ2v) is 12.9. The van der Waals surface area contributed by atoms with Crippen molar-refractivity contribution in [2.75, 3.05) is 35.1 Å². The van der Waals surface area contributed by atoms with E-state index in [2.05, 4.69) is 14.8 Å². The second-order valence-electron chi connectivity index (χ2n) is 9.37. The summed E-state index contributed by atoms with van der Waals surface area (Å²) < 4.78 is 56.9. The van der Waals surface area contributed by atoms with Gasteiger partial charge in [0.1, 0.15) is 18.5 Å². The molecule has 38 heavy (non-hydrogen) atoms. The highest BCUT2D eigenvalue weighted by atomic mass is 32.2. The Labute approximate surface area is 225 Å². The number of aliphatic hydroxyl groups is 1. The highest BCUT2D eigenvalue weighted by molar-refractivity contribution is 7.92. The van der Waals surface area contributed by atoms with E-state index in [4.69, 9.17) is 4.74 Å². The Balaban J connectivity index is 1.70. The van der Waals surface area contributed by atoms with E-state index in [1.807, 2.05) is 61.5 Å². The lowest BCUT2D eigenvalue weighted by molar-refractivity contribution is 0.103. The quantitative estimate of drug-likeness (QED) is 0.237. The van der Waals surface area contributed by atoms with Crippen LogP contribution in [0.4, 0.5) is 11.4 Å². The number of aliphatic hydroxyl groups excluding tert-OH is 1. The van der Waals surface area contributed by atoms with Crippen molar-refractivity contribution in [3.8, 4) is 5.75 Å². The molecule has 0 spiro atoms. The lowest BCUT2D eigenvalue weighted by atomic mass is 9.86. The van der Waals surface area contributed by atoms with Crippen LogP contribution in [0.25, 0.3) is 0 Å². The number of nitrogens with one attached hydrogen (secondary N) is 3. The number of anilines is 2. The molecule has 206 valence electrons. The Kier molecular flexibility index (Phi) is 10.1. The van der Waals surface area contributed by atoms with Crippen molar-refractivity contribution in [1.82, 2.24) is 5.32 Å². The summed E-state index contributed by atoms with van der Waals surface area (Å²) in [7, 11) is -6.78. The molecule has 3 aromatic rings. The molecule has 0 bridgehead atoms. The summed E-state index contributed by atoms with van der Waals surface area (Å²) in [6, 6.07) is 23.7. The van der Waals surface area contributed by atoms with E-state index >= 15 is 0 Å². The average molecular weight is 562 g/mol. The average Bonchev–Trinajstić information content (AvgIpc) is 2.85. The molecule has 1 unspecified atom stereocenters. The van der Waals surface area contributed by atoms with Crippen molar-refractivity contribution in [3.63, 3.8) is 0 Å². The molecule has 0 heterocycles. The largest absolute Gasteiger partial charge is 0.491 e. The number of benzene rings is 3. The monoisotopic (exact) mass is 561 g/mol. The van der Waals surface area contributed by atoms with Gasteiger partial charge >= 0.3 is 0 Å². The number of ether oxygens (including phenoxy) is 1. The first-order chi connectivity index (χ1) is 17.9. The van der Waals surface area contributed by atoms with Crippen LogP contribution in [-0.4, -0.2) is 59.8 Å². The smallest absolute Gasteiger partial charge is 0.229 e. The van der Waals surface area contributed by atoms with Crippen LogP contribution in [0.1, 0.15) is 30.4 Å². The molecule has 3 aromatic carbocycles. The Hall–Kier alpha value is -3.12. The molecule has 9 nitrogen and oxygen atoms in total. The summed E-state index contributed by atoms with van der Waals surface area (Å²) in [5.41, 5.74) is 2.87. The molecule has 0 aromatic heterocycles. The lowest BCUT2D eigenvalue weighted by Crippen LogP contribution is -2.37. The SMILES string of the molecule is CC(CC(c1ccc(NS(C)(=O)=O)cc1)c1ccc(NS(C)(=O)=O)cc1)NC[C@H](O)COc1ccccc1. The fourth-order valence-electron chi connectivity index (χ4n) is 4.00. The first kappa shape index (κ1) is 29.4. The van der Waals surface area contributed by atoms with Crippen LogP contribution < -0.4 is 19.5 Å². The van der Waals surface area contributed by atoms with Gasteiger partial charge in [-0.05, 0) is 60.9 Å². The first-order valence-corrected chi connectivity index (χ1v) is 15.9. The zero-order chi connectivity index (χ0) is 27.8. The highest BCUT2D eigenvalue weighted by Crippen LogP contribution is 2.31. The highest BCUT2D eigenvalue weighted by Gasteiger charge is 2.19. The second kappa shape index (κ2) is 13.1. The van der Waals surface area contributed by atoms with Gasteiger partial charge in [-0.1, -0.05) is 42.5 Å². The number of sulfonamides is 2. The summed E-state index contributed by atoms with van der Waals surface area (Å²) in [5, 5.41) is 13.7. The van der Waals surface area contributed by atoms with Gasteiger partial charge in [-0.15, -0.1) is 0 Å². The van der Waals surface area contributed by atoms with Crippen molar-refractivity contribution in [3.05, 3.63) is 90.0 Å². The Bertz CT molecular complexity index is 1290. The number of hydrogen-bond donors (Lipinski definition) is 4. The van der Waals surface area contributed by atoms with Crippen LogP contribution in [0.3, 0.4) is 0 Å². The third-order valence-corrected chi connectivity index (χ3v) is 6.92. The van der Waals surface area contributed by atoms with Gasteiger partial charge in [0.15, 0.2) is 0 Å². The fourth-order valence-corrected chi connectivity index (χ4v) is 5.13. The summed E-state index contributed by atoms with van der Waals surface area (Å²) in [5.74, 6) is 0.622. The zero-order valence-electron chi connectivity index (χ0n) is 21.7. The van der Waals surface area contributed by atoms with Crippen LogP contribution in [-0.2, 0) is 20.0 Å². The van der Waals surface area contributed by atoms with E-state index in [-0.39, 0.29) is 18.6 Å². The number of rotatable bonds is 14. The molecule has 0 aliphatic heterocycles. The molecule has 0 aliphatic rings. The molecule has 0 saturated carbocycles. The van der Waals surface area contributed by atoms with E-state index in [1.165, 1.54) is 0 Å².